The SMILES string of the molecule is CC(C)(C)OC(=O)Nc1ccc(C(=O)c2ccc(-c3ccccc3)cc2)cc1. The molecule has 142 valence electrons. The highest BCUT2D eigenvalue weighted by Crippen LogP contribution is 2.21. The number of hydrogen-bond acceptors (Lipinski definition) is 3. The number of anilines is 1. The summed E-state index contributed by atoms with van der Waals surface area (Å²) in [4.78, 5) is 24.5. The van der Waals surface area contributed by atoms with Gasteiger partial charge in [-0.05, 0) is 56.2 Å². The second-order valence-electron chi connectivity index (χ2n) is 7.48. The summed E-state index contributed by atoms with van der Waals surface area (Å²) in [6.07, 6.45) is -0.525. The van der Waals surface area contributed by atoms with Crippen LogP contribution in [-0.4, -0.2) is 17.5 Å². The highest BCUT2D eigenvalue weighted by Gasteiger charge is 2.16. The summed E-state index contributed by atoms with van der Waals surface area (Å²) in [6, 6.07) is 24.3. The van der Waals surface area contributed by atoms with Gasteiger partial charge in [-0.3, -0.25) is 10.1 Å². The smallest absolute Gasteiger partial charge is 0.412 e. The molecule has 3 aromatic rings. The lowest BCUT2D eigenvalue weighted by Crippen LogP contribution is -2.27. The first-order chi connectivity index (χ1) is 13.3. The normalized spacial score (nSPS) is 11.0. The van der Waals surface area contributed by atoms with Crippen LogP contribution in [0.3, 0.4) is 0 Å². The van der Waals surface area contributed by atoms with E-state index in [2.05, 4.69) is 5.32 Å². The predicted molar refractivity (Wildman–Crippen MR) is 112 cm³/mol. The average molecular weight is 373 g/mol. The Hall–Kier alpha value is -3.40. The molecule has 0 saturated carbocycles. The van der Waals surface area contributed by atoms with Gasteiger partial charge in [0.25, 0.3) is 0 Å². The number of amides is 1. The fourth-order valence-corrected chi connectivity index (χ4v) is 2.74. The molecule has 0 aliphatic heterocycles. The van der Waals surface area contributed by atoms with Gasteiger partial charge in [0.2, 0.25) is 0 Å². The largest absolute Gasteiger partial charge is 0.444 e. The topological polar surface area (TPSA) is 55.4 Å². The van der Waals surface area contributed by atoms with E-state index in [1.807, 2.05) is 54.6 Å². The van der Waals surface area contributed by atoms with E-state index >= 15 is 0 Å². The van der Waals surface area contributed by atoms with Crippen LogP contribution < -0.4 is 5.32 Å². The fraction of sp³-hybridized carbons (Fsp3) is 0.167. The maximum atomic E-state index is 12.7. The minimum Gasteiger partial charge on any atom is -0.444 e. The molecule has 4 heteroatoms. The molecule has 1 amide bonds. The first-order valence-electron chi connectivity index (χ1n) is 9.12. The molecule has 0 saturated heterocycles. The van der Waals surface area contributed by atoms with Crippen molar-refractivity contribution in [2.75, 3.05) is 5.32 Å². The number of carbonyl (C=O) groups is 2. The summed E-state index contributed by atoms with van der Waals surface area (Å²) in [7, 11) is 0. The summed E-state index contributed by atoms with van der Waals surface area (Å²) >= 11 is 0. The summed E-state index contributed by atoms with van der Waals surface area (Å²) in [5, 5.41) is 2.66. The van der Waals surface area contributed by atoms with Crippen molar-refractivity contribution in [2.24, 2.45) is 0 Å². The zero-order valence-electron chi connectivity index (χ0n) is 16.2. The Morgan fingerprint density at radius 3 is 1.75 bits per heavy atom. The molecule has 0 spiro atoms. The molecular formula is C24H23NO3. The van der Waals surface area contributed by atoms with E-state index in [9.17, 15) is 9.59 Å². The molecule has 1 N–H and O–H groups in total. The van der Waals surface area contributed by atoms with Gasteiger partial charge in [-0.2, -0.15) is 0 Å². The van der Waals surface area contributed by atoms with E-state index in [4.69, 9.17) is 4.74 Å². The second-order valence-corrected chi connectivity index (χ2v) is 7.48. The zero-order valence-corrected chi connectivity index (χ0v) is 16.2. The third-order valence-corrected chi connectivity index (χ3v) is 4.05. The van der Waals surface area contributed by atoms with Gasteiger partial charge in [0.1, 0.15) is 5.60 Å². The van der Waals surface area contributed by atoms with Crippen molar-refractivity contribution in [2.45, 2.75) is 26.4 Å². The number of nitrogens with one attached hydrogen (secondary N) is 1. The molecule has 0 fully saturated rings. The lowest BCUT2D eigenvalue weighted by Gasteiger charge is -2.19. The number of ketones is 1. The van der Waals surface area contributed by atoms with E-state index < -0.39 is 11.7 Å². The molecule has 28 heavy (non-hydrogen) atoms. The Kier molecular flexibility index (Phi) is 5.59. The van der Waals surface area contributed by atoms with Crippen LogP contribution in [0.1, 0.15) is 36.7 Å². The van der Waals surface area contributed by atoms with Crippen molar-refractivity contribution in [1.29, 1.82) is 0 Å². The zero-order chi connectivity index (χ0) is 20.1. The summed E-state index contributed by atoms with van der Waals surface area (Å²) < 4.78 is 5.22. The molecule has 3 aromatic carbocycles. The molecule has 0 radical (unpaired) electrons. The Bertz CT molecular complexity index is 953. The third-order valence-electron chi connectivity index (χ3n) is 4.05. The van der Waals surface area contributed by atoms with Crippen LogP contribution in [0, 0.1) is 0 Å². The first kappa shape index (κ1) is 19.4. The van der Waals surface area contributed by atoms with Crippen molar-refractivity contribution in [3.8, 4) is 11.1 Å². The predicted octanol–water partition coefficient (Wildman–Crippen LogP) is 5.93. The molecule has 0 aliphatic rings. The maximum Gasteiger partial charge on any atom is 0.412 e. The molecule has 0 heterocycles. The van der Waals surface area contributed by atoms with E-state index in [-0.39, 0.29) is 5.78 Å². The number of hydrogen-bond donors (Lipinski definition) is 1. The van der Waals surface area contributed by atoms with Gasteiger partial charge < -0.3 is 4.74 Å². The number of rotatable bonds is 4. The third kappa shape index (κ3) is 5.07. The van der Waals surface area contributed by atoms with Crippen molar-refractivity contribution in [3.05, 3.63) is 90.0 Å². The lowest BCUT2D eigenvalue weighted by molar-refractivity contribution is 0.0636. The van der Waals surface area contributed by atoms with E-state index in [1.54, 1.807) is 45.0 Å². The van der Waals surface area contributed by atoms with Crippen molar-refractivity contribution in [1.82, 2.24) is 0 Å². The maximum absolute atomic E-state index is 12.7. The van der Waals surface area contributed by atoms with Crippen LogP contribution in [-0.2, 0) is 4.74 Å². The Morgan fingerprint density at radius 1 is 0.714 bits per heavy atom. The molecule has 0 bridgehead atoms. The Morgan fingerprint density at radius 2 is 1.21 bits per heavy atom. The van der Waals surface area contributed by atoms with Gasteiger partial charge in [0, 0.05) is 16.8 Å². The number of ether oxygens (including phenoxy) is 1. The first-order valence-corrected chi connectivity index (χ1v) is 9.12. The van der Waals surface area contributed by atoms with Gasteiger partial charge in [0.05, 0.1) is 0 Å². The standard InChI is InChI=1S/C24H23NO3/c1-24(2,3)28-23(27)25-21-15-13-20(14-16-21)22(26)19-11-9-18(10-12-19)17-7-5-4-6-8-17/h4-16H,1-3H3,(H,25,27). The summed E-state index contributed by atoms with van der Waals surface area (Å²) in [6.45, 7) is 5.41. The monoisotopic (exact) mass is 373 g/mol. The van der Waals surface area contributed by atoms with Gasteiger partial charge >= 0.3 is 6.09 Å². The molecule has 4 nitrogen and oxygen atoms in total. The number of carbonyl (C=O) groups excluding carboxylic acids is 2. The highest BCUT2D eigenvalue weighted by molar-refractivity contribution is 6.09. The van der Waals surface area contributed by atoms with Gasteiger partial charge in [-0.25, -0.2) is 4.79 Å². The minimum absolute atomic E-state index is 0.0663. The van der Waals surface area contributed by atoms with Crippen LogP contribution in [0.2, 0.25) is 0 Å². The lowest BCUT2D eigenvalue weighted by atomic mass is 9.99. The fourth-order valence-electron chi connectivity index (χ4n) is 2.74. The summed E-state index contributed by atoms with van der Waals surface area (Å²) in [5.74, 6) is -0.0663. The van der Waals surface area contributed by atoms with Gasteiger partial charge in [0.15, 0.2) is 5.78 Å². The van der Waals surface area contributed by atoms with Crippen LogP contribution in [0.15, 0.2) is 78.9 Å². The average Bonchev–Trinajstić information content (AvgIpc) is 2.67. The molecule has 3 rings (SSSR count). The molecular weight excluding hydrogens is 350 g/mol. The van der Waals surface area contributed by atoms with Gasteiger partial charge in [-0.1, -0.05) is 54.6 Å². The van der Waals surface area contributed by atoms with Gasteiger partial charge in [-0.15, -0.1) is 0 Å². The molecule has 0 unspecified atom stereocenters. The van der Waals surface area contributed by atoms with Crippen molar-refractivity contribution >= 4 is 17.6 Å². The minimum atomic E-state index is -0.564. The number of benzene rings is 3. The van der Waals surface area contributed by atoms with Crippen LogP contribution in [0.4, 0.5) is 10.5 Å². The van der Waals surface area contributed by atoms with E-state index in [0.29, 0.717) is 16.8 Å². The second kappa shape index (κ2) is 8.09. The molecule has 0 aliphatic carbocycles. The van der Waals surface area contributed by atoms with Crippen LogP contribution in [0.25, 0.3) is 11.1 Å². The Balaban J connectivity index is 1.68. The highest BCUT2D eigenvalue weighted by atomic mass is 16.6. The molecule has 0 atom stereocenters. The van der Waals surface area contributed by atoms with Crippen molar-refractivity contribution < 1.29 is 14.3 Å². The van der Waals surface area contributed by atoms with Crippen LogP contribution >= 0.6 is 0 Å². The van der Waals surface area contributed by atoms with Crippen molar-refractivity contribution in [3.63, 3.8) is 0 Å². The summed E-state index contributed by atoms with van der Waals surface area (Å²) in [5.41, 5.74) is 3.36. The van der Waals surface area contributed by atoms with E-state index in [1.165, 1.54) is 0 Å². The quantitative estimate of drug-likeness (QED) is 0.577. The van der Waals surface area contributed by atoms with Crippen LogP contribution in [0.5, 0.6) is 0 Å². The Labute approximate surface area is 165 Å². The molecule has 0 aromatic heterocycles. The van der Waals surface area contributed by atoms with E-state index in [0.717, 1.165) is 11.1 Å².